The van der Waals surface area contributed by atoms with Crippen molar-refractivity contribution in [2.45, 2.75) is 38.3 Å². The van der Waals surface area contributed by atoms with Gasteiger partial charge in [0.15, 0.2) is 0 Å². The molecule has 0 saturated carbocycles. The molecule has 7 heteroatoms. The summed E-state index contributed by atoms with van der Waals surface area (Å²) in [5.74, 6) is -1.43. The zero-order valence-electron chi connectivity index (χ0n) is 17.6. The summed E-state index contributed by atoms with van der Waals surface area (Å²) in [4.78, 5) is 32.3. The summed E-state index contributed by atoms with van der Waals surface area (Å²) < 4.78 is 14.6. The quantitative estimate of drug-likeness (QED) is 0.585. The average Bonchev–Trinajstić information content (AvgIpc) is 3.20. The zero-order chi connectivity index (χ0) is 22.8. The molecule has 0 spiro atoms. The molecule has 1 aliphatic carbocycles. The van der Waals surface area contributed by atoms with Gasteiger partial charge in [-0.15, -0.1) is 0 Å². The molecule has 1 aromatic heterocycles. The number of benzene rings is 2. The van der Waals surface area contributed by atoms with E-state index in [-0.39, 0.29) is 10.9 Å². The van der Waals surface area contributed by atoms with E-state index in [1.807, 2.05) is 19.1 Å². The SMILES string of the molecule is CCc1ccccc1C(=O)N([C@@H]1CCc2c(F)cc(Cl)cc21)[C@@H](C(N)=O)c1cccnc1. The molecule has 0 bridgehead atoms. The van der Waals surface area contributed by atoms with Gasteiger partial charge >= 0.3 is 0 Å². The topological polar surface area (TPSA) is 76.3 Å². The lowest BCUT2D eigenvalue weighted by Crippen LogP contribution is -2.43. The van der Waals surface area contributed by atoms with Gasteiger partial charge in [0.05, 0.1) is 6.04 Å². The first-order valence-electron chi connectivity index (χ1n) is 10.5. The second kappa shape index (κ2) is 9.09. The van der Waals surface area contributed by atoms with Gasteiger partial charge in [0.1, 0.15) is 11.9 Å². The first-order chi connectivity index (χ1) is 15.4. The van der Waals surface area contributed by atoms with E-state index in [0.29, 0.717) is 41.5 Å². The molecule has 0 fully saturated rings. The fourth-order valence-corrected chi connectivity index (χ4v) is 4.74. The maximum absolute atomic E-state index is 14.6. The van der Waals surface area contributed by atoms with Gasteiger partial charge in [0.2, 0.25) is 5.91 Å². The summed E-state index contributed by atoms with van der Waals surface area (Å²) in [6.45, 7) is 1.96. The molecule has 2 N–H and O–H groups in total. The molecule has 0 radical (unpaired) electrons. The van der Waals surface area contributed by atoms with Crippen LogP contribution in [0.15, 0.2) is 60.9 Å². The van der Waals surface area contributed by atoms with Gasteiger partial charge in [0, 0.05) is 28.5 Å². The Balaban J connectivity index is 1.91. The van der Waals surface area contributed by atoms with Crippen LogP contribution in [0.3, 0.4) is 0 Å². The third-order valence-electron chi connectivity index (χ3n) is 5.97. The van der Waals surface area contributed by atoms with E-state index < -0.39 is 23.8 Å². The van der Waals surface area contributed by atoms with Gasteiger partial charge in [-0.2, -0.15) is 0 Å². The van der Waals surface area contributed by atoms with Crippen molar-refractivity contribution in [3.8, 4) is 0 Å². The van der Waals surface area contributed by atoms with E-state index in [1.54, 1.807) is 36.5 Å². The third-order valence-corrected chi connectivity index (χ3v) is 6.19. The molecule has 2 amide bonds. The predicted molar refractivity (Wildman–Crippen MR) is 121 cm³/mol. The number of hydrogen-bond acceptors (Lipinski definition) is 3. The molecule has 2 atom stereocenters. The number of amides is 2. The van der Waals surface area contributed by atoms with Crippen molar-refractivity contribution in [2.24, 2.45) is 5.73 Å². The molecule has 2 aromatic carbocycles. The van der Waals surface area contributed by atoms with E-state index in [9.17, 15) is 14.0 Å². The van der Waals surface area contributed by atoms with Crippen LogP contribution < -0.4 is 5.73 Å². The molecule has 3 aromatic rings. The molecule has 5 nitrogen and oxygen atoms in total. The summed E-state index contributed by atoms with van der Waals surface area (Å²) >= 11 is 6.16. The van der Waals surface area contributed by atoms with Crippen LogP contribution in [0.5, 0.6) is 0 Å². The van der Waals surface area contributed by atoms with Crippen molar-refractivity contribution < 1.29 is 14.0 Å². The van der Waals surface area contributed by atoms with Crippen molar-refractivity contribution in [1.82, 2.24) is 9.88 Å². The molecule has 0 saturated heterocycles. The van der Waals surface area contributed by atoms with Gasteiger partial charge < -0.3 is 10.6 Å². The van der Waals surface area contributed by atoms with Crippen molar-refractivity contribution in [2.75, 3.05) is 0 Å². The Labute approximate surface area is 191 Å². The van der Waals surface area contributed by atoms with Crippen molar-refractivity contribution >= 4 is 23.4 Å². The van der Waals surface area contributed by atoms with Crippen molar-refractivity contribution in [1.29, 1.82) is 0 Å². The normalized spacial score (nSPS) is 15.8. The van der Waals surface area contributed by atoms with E-state index >= 15 is 0 Å². The third kappa shape index (κ3) is 3.98. The number of nitrogens with two attached hydrogens (primary N) is 1. The lowest BCUT2D eigenvalue weighted by Gasteiger charge is -2.36. The summed E-state index contributed by atoms with van der Waals surface area (Å²) in [5.41, 5.74) is 8.80. The van der Waals surface area contributed by atoms with Gasteiger partial charge in [-0.05, 0) is 60.2 Å². The number of carbonyl (C=O) groups excluding carboxylic acids is 2. The van der Waals surface area contributed by atoms with Gasteiger partial charge in [0.25, 0.3) is 5.91 Å². The molecule has 0 aliphatic heterocycles. The van der Waals surface area contributed by atoms with Crippen LogP contribution in [0.25, 0.3) is 0 Å². The Hall–Kier alpha value is -3.25. The van der Waals surface area contributed by atoms with Gasteiger partial charge in [-0.1, -0.05) is 42.8 Å². The fourth-order valence-electron chi connectivity index (χ4n) is 4.52. The van der Waals surface area contributed by atoms with E-state index in [2.05, 4.69) is 4.98 Å². The molecular weight excluding hydrogens is 429 g/mol. The monoisotopic (exact) mass is 451 g/mol. The number of hydrogen-bond donors (Lipinski definition) is 1. The van der Waals surface area contributed by atoms with Crippen LogP contribution in [0, 0.1) is 5.82 Å². The van der Waals surface area contributed by atoms with Gasteiger partial charge in [-0.3, -0.25) is 14.6 Å². The van der Waals surface area contributed by atoms with Crippen LogP contribution in [-0.4, -0.2) is 21.7 Å². The Morgan fingerprint density at radius 1 is 1.25 bits per heavy atom. The summed E-state index contributed by atoms with van der Waals surface area (Å²) in [6, 6.07) is 12.0. The lowest BCUT2D eigenvalue weighted by molar-refractivity contribution is -0.123. The second-order valence-corrected chi connectivity index (χ2v) is 8.26. The summed E-state index contributed by atoms with van der Waals surface area (Å²) in [7, 11) is 0. The van der Waals surface area contributed by atoms with Crippen LogP contribution >= 0.6 is 11.6 Å². The second-order valence-electron chi connectivity index (χ2n) is 7.82. The fraction of sp³-hybridized carbons (Fsp3) is 0.240. The molecule has 164 valence electrons. The molecule has 1 aliphatic rings. The minimum Gasteiger partial charge on any atom is -0.368 e. The number of aryl methyl sites for hydroxylation is 1. The molecule has 4 rings (SSSR count). The zero-order valence-corrected chi connectivity index (χ0v) is 18.3. The molecular formula is C25H23ClFN3O2. The number of rotatable bonds is 6. The largest absolute Gasteiger partial charge is 0.368 e. The Kier molecular flexibility index (Phi) is 6.24. The highest BCUT2D eigenvalue weighted by Crippen LogP contribution is 2.43. The van der Waals surface area contributed by atoms with Gasteiger partial charge in [-0.25, -0.2) is 4.39 Å². The minimum atomic E-state index is -1.07. The highest BCUT2D eigenvalue weighted by molar-refractivity contribution is 6.30. The van der Waals surface area contributed by atoms with Crippen LogP contribution in [0.4, 0.5) is 4.39 Å². The molecule has 32 heavy (non-hydrogen) atoms. The first-order valence-corrected chi connectivity index (χ1v) is 10.9. The molecule has 0 unspecified atom stereocenters. The highest BCUT2D eigenvalue weighted by atomic mass is 35.5. The van der Waals surface area contributed by atoms with E-state index in [4.69, 9.17) is 17.3 Å². The highest BCUT2D eigenvalue weighted by Gasteiger charge is 2.40. The number of pyridine rings is 1. The number of nitrogens with zero attached hydrogens (tertiary/aromatic N) is 2. The number of carbonyl (C=O) groups is 2. The first kappa shape index (κ1) is 22.0. The summed E-state index contributed by atoms with van der Waals surface area (Å²) in [5, 5.41) is 0.242. The van der Waals surface area contributed by atoms with Crippen LogP contribution in [-0.2, 0) is 17.6 Å². The lowest BCUT2D eigenvalue weighted by atomic mass is 9.97. The smallest absolute Gasteiger partial charge is 0.255 e. The number of aromatic nitrogens is 1. The van der Waals surface area contributed by atoms with E-state index in [1.165, 1.54) is 17.2 Å². The van der Waals surface area contributed by atoms with Crippen molar-refractivity contribution in [3.63, 3.8) is 0 Å². The standard InChI is InChI=1S/C25H23ClFN3O2/c1-2-15-6-3-4-8-18(15)25(32)30(23(24(28)31)16-7-5-11-29-14-16)22-10-9-19-20(22)12-17(26)13-21(19)27/h3-8,11-14,22-23H,2,9-10H2,1H3,(H2,28,31)/t22-,23-/m1/s1. The molecule has 1 heterocycles. The van der Waals surface area contributed by atoms with E-state index in [0.717, 1.165) is 5.56 Å². The number of fused-ring (bicyclic) bond motifs is 1. The Morgan fingerprint density at radius 2 is 2.03 bits per heavy atom. The number of halogens is 2. The number of primary amides is 1. The average molecular weight is 452 g/mol. The minimum absolute atomic E-state index is 0.242. The Morgan fingerprint density at radius 3 is 2.72 bits per heavy atom. The maximum Gasteiger partial charge on any atom is 0.255 e. The van der Waals surface area contributed by atoms with Crippen molar-refractivity contribution in [3.05, 3.63) is 99.6 Å². The summed E-state index contributed by atoms with van der Waals surface area (Å²) in [6.07, 6.45) is 4.64. The predicted octanol–water partition coefficient (Wildman–Crippen LogP) is 4.79. The van der Waals surface area contributed by atoms with Crippen LogP contribution in [0.1, 0.15) is 58.0 Å². The Bertz CT molecular complexity index is 1170. The van der Waals surface area contributed by atoms with Crippen LogP contribution in [0.2, 0.25) is 5.02 Å². The maximum atomic E-state index is 14.6.